The predicted molar refractivity (Wildman–Crippen MR) is 135 cm³/mol. The summed E-state index contributed by atoms with van der Waals surface area (Å²) in [5.74, 6) is -0.987. The van der Waals surface area contributed by atoms with Gasteiger partial charge < -0.3 is 10.4 Å². The lowest BCUT2D eigenvalue weighted by Crippen LogP contribution is -2.07. The van der Waals surface area contributed by atoms with Gasteiger partial charge in [-0.15, -0.1) is 0 Å². The minimum absolute atomic E-state index is 0.0703. The van der Waals surface area contributed by atoms with Gasteiger partial charge in [-0.2, -0.15) is 13.2 Å². The number of para-hydroxylation sites is 1. The van der Waals surface area contributed by atoms with Gasteiger partial charge in [0.2, 0.25) is 0 Å². The zero-order valence-corrected chi connectivity index (χ0v) is 19.2. The molecule has 5 aromatic rings. The van der Waals surface area contributed by atoms with Crippen LogP contribution < -0.4 is 5.32 Å². The molecule has 36 heavy (non-hydrogen) atoms. The number of halogens is 3. The van der Waals surface area contributed by atoms with Crippen molar-refractivity contribution < 1.29 is 23.1 Å². The molecule has 1 aromatic heterocycles. The number of benzene rings is 4. The van der Waals surface area contributed by atoms with Crippen LogP contribution in [0.25, 0.3) is 32.8 Å². The highest BCUT2D eigenvalue weighted by atomic mass is 19.4. The fourth-order valence-corrected chi connectivity index (χ4v) is 4.62. The van der Waals surface area contributed by atoms with Crippen molar-refractivity contribution in [3.05, 3.63) is 107 Å². The number of aromatic nitrogens is 1. The minimum Gasteiger partial charge on any atom is -0.478 e. The van der Waals surface area contributed by atoms with Crippen molar-refractivity contribution >= 4 is 33.3 Å². The van der Waals surface area contributed by atoms with Crippen LogP contribution in [0.15, 0.2) is 85.1 Å². The molecule has 7 heteroatoms. The Morgan fingerprint density at radius 3 is 2.39 bits per heavy atom. The van der Waals surface area contributed by atoms with Crippen LogP contribution in [0.3, 0.4) is 0 Å². The molecule has 0 amide bonds. The number of nitrogens with one attached hydrogen (secondary N) is 1. The number of anilines is 1. The van der Waals surface area contributed by atoms with E-state index in [-0.39, 0.29) is 11.1 Å². The lowest BCUT2D eigenvalue weighted by molar-refractivity contribution is -0.136. The summed E-state index contributed by atoms with van der Waals surface area (Å²) in [6.07, 6.45) is -3.02. The van der Waals surface area contributed by atoms with E-state index in [4.69, 9.17) is 0 Å². The van der Waals surface area contributed by atoms with Gasteiger partial charge in [0, 0.05) is 29.2 Å². The highest BCUT2D eigenvalue weighted by Gasteiger charge is 2.33. The SMILES string of the molecule is Cc1cnc2c(C(F)(F)F)cccc2c1-c1cccc(CNc2cccc3c(C(=O)O)cccc23)c1. The molecule has 0 saturated heterocycles. The molecular weight excluding hydrogens is 465 g/mol. The van der Waals surface area contributed by atoms with Crippen molar-refractivity contribution in [1.82, 2.24) is 4.98 Å². The molecule has 4 nitrogen and oxygen atoms in total. The number of rotatable bonds is 5. The molecule has 0 aliphatic rings. The summed E-state index contributed by atoms with van der Waals surface area (Å²) in [4.78, 5) is 15.7. The van der Waals surface area contributed by atoms with Crippen LogP contribution in [0.4, 0.5) is 18.9 Å². The number of aryl methyl sites for hydroxylation is 1. The van der Waals surface area contributed by atoms with Gasteiger partial charge in [0.05, 0.1) is 16.6 Å². The molecule has 2 N–H and O–H groups in total. The predicted octanol–water partition coefficient (Wildman–Crippen LogP) is 7.69. The molecule has 0 aliphatic heterocycles. The highest BCUT2D eigenvalue weighted by molar-refractivity contribution is 6.07. The molecule has 0 spiro atoms. The van der Waals surface area contributed by atoms with Crippen molar-refractivity contribution in [3.63, 3.8) is 0 Å². The van der Waals surface area contributed by atoms with Crippen LogP contribution in [0.1, 0.15) is 27.0 Å². The number of fused-ring (bicyclic) bond motifs is 2. The maximum Gasteiger partial charge on any atom is 0.418 e. The van der Waals surface area contributed by atoms with E-state index in [0.717, 1.165) is 33.8 Å². The quantitative estimate of drug-likeness (QED) is 0.267. The molecule has 180 valence electrons. The van der Waals surface area contributed by atoms with E-state index < -0.39 is 17.7 Å². The number of aromatic carboxylic acids is 1. The maximum absolute atomic E-state index is 13.6. The Morgan fingerprint density at radius 1 is 0.917 bits per heavy atom. The van der Waals surface area contributed by atoms with E-state index >= 15 is 0 Å². The van der Waals surface area contributed by atoms with Crippen LogP contribution in [0.5, 0.6) is 0 Å². The Labute approximate surface area is 205 Å². The molecule has 4 aromatic carbocycles. The fourth-order valence-electron chi connectivity index (χ4n) is 4.62. The summed E-state index contributed by atoms with van der Waals surface area (Å²) in [6.45, 7) is 2.28. The summed E-state index contributed by atoms with van der Waals surface area (Å²) in [6, 6.07) is 22.4. The van der Waals surface area contributed by atoms with Gasteiger partial charge in [-0.05, 0) is 58.8 Å². The normalized spacial score (nSPS) is 11.7. The highest BCUT2D eigenvalue weighted by Crippen LogP contribution is 2.38. The first-order chi connectivity index (χ1) is 17.2. The summed E-state index contributed by atoms with van der Waals surface area (Å²) in [7, 11) is 0. The van der Waals surface area contributed by atoms with Crippen LogP contribution >= 0.6 is 0 Å². The fraction of sp³-hybridized carbons (Fsp3) is 0.103. The van der Waals surface area contributed by atoms with Gasteiger partial charge in [-0.25, -0.2) is 4.79 Å². The molecule has 5 rings (SSSR count). The second-order valence-electron chi connectivity index (χ2n) is 8.58. The second kappa shape index (κ2) is 9.00. The standard InChI is InChI=1S/C29H21F3N2O2/c1-17-15-34-27-23(11-4-12-24(27)29(30,31)32)26(17)19-7-2-6-18(14-19)16-33-25-13-5-8-20-21(25)9-3-10-22(20)28(35)36/h2-15,33H,16H2,1H3,(H,35,36). The third kappa shape index (κ3) is 4.24. The largest absolute Gasteiger partial charge is 0.478 e. The summed E-state index contributed by atoms with van der Waals surface area (Å²) < 4.78 is 40.7. The first kappa shape index (κ1) is 23.4. The summed E-state index contributed by atoms with van der Waals surface area (Å²) in [5.41, 5.74) is 3.42. The van der Waals surface area contributed by atoms with E-state index in [1.165, 1.54) is 12.3 Å². The van der Waals surface area contributed by atoms with E-state index in [9.17, 15) is 23.1 Å². The molecule has 1 heterocycles. The van der Waals surface area contributed by atoms with Gasteiger partial charge in [-0.3, -0.25) is 4.98 Å². The van der Waals surface area contributed by atoms with Crippen molar-refractivity contribution in [2.24, 2.45) is 0 Å². The molecular formula is C29H21F3N2O2. The van der Waals surface area contributed by atoms with Crippen LogP contribution in [-0.4, -0.2) is 16.1 Å². The van der Waals surface area contributed by atoms with E-state index in [2.05, 4.69) is 10.3 Å². The Kier molecular flexibility index (Phi) is 5.84. The molecule has 0 radical (unpaired) electrons. The summed E-state index contributed by atoms with van der Waals surface area (Å²) in [5, 5.41) is 14.8. The van der Waals surface area contributed by atoms with Gasteiger partial charge in [0.25, 0.3) is 0 Å². The van der Waals surface area contributed by atoms with Crippen molar-refractivity contribution in [2.75, 3.05) is 5.32 Å². The zero-order chi connectivity index (χ0) is 25.4. The van der Waals surface area contributed by atoms with Gasteiger partial charge in [0.15, 0.2) is 0 Å². The topological polar surface area (TPSA) is 62.2 Å². The smallest absolute Gasteiger partial charge is 0.418 e. The number of carboxylic acid groups (broad SMARTS) is 1. The van der Waals surface area contributed by atoms with Crippen LogP contribution in [0, 0.1) is 6.92 Å². The number of alkyl halides is 3. The number of nitrogens with zero attached hydrogens (tertiary/aromatic N) is 1. The van der Waals surface area contributed by atoms with Gasteiger partial charge >= 0.3 is 12.1 Å². The molecule has 0 fully saturated rings. The monoisotopic (exact) mass is 486 g/mol. The number of hydrogen-bond donors (Lipinski definition) is 2. The van der Waals surface area contributed by atoms with E-state index in [1.54, 1.807) is 30.3 Å². The first-order valence-electron chi connectivity index (χ1n) is 11.3. The van der Waals surface area contributed by atoms with Crippen molar-refractivity contribution in [2.45, 2.75) is 19.6 Å². The Morgan fingerprint density at radius 2 is 1.61 bits per heavy atom. The Hall–Kier alpha value is -4.39. The number of pyridine rings is 1. The molecule has 0 atom stereocenters. The van der Waals surface area contributed by atoms with Crippen molar-refractivity contribution in [3.8, 4) is 11.1 Å². The van der Waals surface area contributed by atoms with Crippen molar-refractivity contribution in [1.29, 1.82) is 0 Å². The van der Waals surface area contributed by atoms with E-state index in [1.807, 2.05) is 43.3 Å². The minimum atomic E-state index is -4.50. The van der Waals surface area contributed by atoms with Gasteiger partial charge in [-0.1, -0.05) is 54.6 Å². The first-order valence-corrected chi connectivity index (χ1v) is 11.3. The average Bonchev–Trinajstić information content (AvgIpc) is 2.86. The van der Waals surface area contributed by atoms with E-state index in [0.29, 0.717) is 22.9 Å². The third-order valence-corrected chi connectivity index (χ3v) is 6.24. The van der Waals surface area contributed by atoms with Crippen LogP contribution in [0.2, 0.25) is 0 Å². The van der Waals surface area contributed by atoms with Crippen LogP contribution in [-0.2, 0) is 12.7 Å². The Bertz CT molecular complexity index is 1630. The number of carboxylic acids is 1. The molecule has 0 aliphatic carbocycles. The lowest BCUT2D eigenvalue weighted by atomic mass is 9.94. The number of carbonyl (C=O) groups is 1. The lowest BCUT2D eigenvalue weighted by Gasteiger charge is -2.15. The molecule has 0 unspecified atom stereocenters. The second-order valence-corrected chi connectivity index (χ2v) is 8.58. The molecule has 0 bridgehead atoms. The average molecular weight is 486 g/mol. The Balaban J connectivity index is 1.51. The maximum atomic E-state index is 13.6. The molecule has 0 saturated carbocycles. The zero-order valence-electron chi connectivity index (χ0n) is 19.2. The summed E-state index contributed by atoms with van der Waals surface area (Å²) >= 11 is 0. The number of hydrogen-bond acceptors (Lipinski definition) is 3. The van der Waals surface area contributed by atoms with Gasteiger partial charge in [0.1, 0.15) is 0 Å². The third-order valence-electron chi connectivity index (χ3n) is 6.24.